The summed E-state index contributed by atoms with van der Waals surface area (Å²) in [6.45, 7) is 0. The van der Waals surface area contributed by atoms with Gasteiger partial charge in [-0.1, -0.05) is 60.3 Å². The first kappa shape index (κ1) is 21.7. The fraction of sp³-hybridized carbons (Fsp3) is 0.556. The van der Waals surface area contributed by atoms with E-state index in [2.05, 4.69) is 10.2 Å². The highest BCUT2D eigenvalue weighted by molar-refractivity contribution is 8.14. The number of nitrogens with zero attached hydrogens (tertiary/aromatic N) is 2. The van der Waals surface area contributed by atoms with E-state index in [4.69, 9.17) is 28.2 Å². The zero-order valence-corrected chi connectivity index (χ0v) is 17.9. The molecule has 2 fully saturated rings. The van der Waals surface area contributed by atoms with Crippen LogP contribution >= 0.6 is 47.4 Å². The van der Waals surface area contributed by atoms with Gasteiger partial charge in [0.05, 0.1) is 21.8 Å². The number of hydrogen-bond donors (Lipinski definition) is 1. The summed E-state index contributed by atoms with van der Waals surface area (Å²) in [4.78, 5) is 19.5. The second kappa shape index (κ2) is 10.1. The third-order valence-electron chi connectivity index (χ3n) is 4.77. The van der Waals surface area contributed by atoms with Crippen LogP contribution in [0.5, 0.6) is 0 Å². The monoisotopic (exact) mass is 435 g/mol. The van der Waals surface area contributed by atoms with Crippen molar-refractivity contribution in [3.05, 3.63) is 28.2 Å². The first-order valence-electron chi connectivity index (χ1n) is 8.72. The van der Waals surface area contributed by atoms with Crippen molar-refractivity contribution in [3.63, 3.8) is 0 Å². The van der Waals surface area contributed by atoms with E-state index < -0.39 is 0 Å². The Morgan fingerprint density at radius 3 is 2.77 bits per heavy atom. The summed E-state index contributed by atoms with van der Waals surface area (Å²) in [6.07, 6.45) is 6.69. The molecule has 1 heterocycles. The van der Waals surface area contributed by atoms with E-state index in [1.165, 1.54) is 32.1 Å². The van der Waals surface area contributed by atoms with Crippen molar-refractivity contribution in [2.24, 2.45) is 4.99 Å². The number of nitrogens with one attached hydrogen (secondary N) is 1. The Labute approximate surface area is 175 Å². The van der Waals surface area contributed by atoms with E-state index in [0.717, 1.165) is 10.9 Å². The van der Waals surface area contributed by atoms with Crippen LogP contribution in [0.1, 0.15) is 38.5 Å². The van der Waals surface area contributed by atoms with Gasteiger partial charge in [0.15, 0.2) is 5.17 Å². The minimum atomic E-state index is -0.0551. The number of aliphatic imine (C=N–C) groups is 1. The molecule has 3 rings (SSSR count). The van der Waals surface area contributed by atoms with Gasteiger partial charge in [-0.3, -0.25) is 9.79 Å². The van der Waals surface area contributed by atoms with Crippen molar-refractivity contribution < 1.29 is 4.79 Å². The van der Waals surface area contributed by atoms with Gasteiger partial charge in [-0.25, -0.2) is 0 Å². The van der Waals surface area contributed by atoms with Gasteiger partial charge in [0.25, 0.3) is 0 Å². The van der Waals surface area contributed by atoms with Crippen LogP contribution in [0.4, 0.5) is 5.69 Å². The predicted molar refractivity (Wildman–Crippen MR) is 115 cm³/mol. The topological polar surface area (TPSA) is 44.7 Å². The van der Waals surface area contributed by atoms with Crippen molar-refractivity contribution in [1.29, 1.82) is 0 Å². The van der Waals surface area contributed by atoms with Crippen molar-refractivity contribution in [3.8, 4) is 0 Å². The van der Waals surface area contributed by atoms with Crippen LogP contribution in [0.2, 0.25) is 10.0 Å². The molecule has 1 saturated heterocycles. The van der Waals surface area contributed by atoms with E-state index in [-0.39, 0.29) is 24.4 Å². The molecule has 8 heteroatoms. The summed E-state index contributed by atoms with van der Waals surface area (Å²) in [5, 5.41) is 4.76. The van der Waals surface area contributed by atoms with Crippen LogP contribution < -0.4 is 5.32 Å². The molecule has 2 aliphatic rings. The summed E-state index contributed by atoms with van der Waals surface area (Å²) in [5.41, 5.74) is 0.559. The number of thioether (sulfide) groups is 1. The molecule has 0 aromatic heterocycles. The van der Waals surface area contributed by atoms with Gasteiger partial charge in [-0.15, -0.1) is 12.4 Å². The summed E-state index contributed by atoms with van der Waals surface area (Å²) in [7, 11) is 2.03. The SMILES string of the molecule is CN1/C(=N/C2CCCCC2)SCC1CC(=O)Nc1cccc(Cl)c1Cl.Cl. The number of benzene rings is 1. The largest absolute Gasteiger partial charge is 0.350 e. The normalized spacial score (nSPS) is 22.3. The average molecular weight is 437 g/mol. The lowest BCUT2D eigenvalue weighted by molar-refractivity contribution is -0.116. The molecular formula is C18H24Cl3N3OS. The van der Waals surface area contributed by atoms with E-state index in [1.807, 2.05) is 7.05 Å². The summed E-state index contributed by atoms with van der Waals surface area (Å²) in [5.74, 6) is 0.833. The van der Waals surface area contributed by atoms with Gasteiger partial charge < -0.3 is 10.2 Å². The average Bonchev–Trinajstić information content (AvgIpc) is 2.93. The standard InChI is InChI=1S/C18H23Cl2N3OS.ClH/c1-23-13(11-25-18(23)21-12-6-3-2-4-7-12)10-16(24)22-15-9-5-8-14(19)17(15)20;/h5,8-9,12-13H,2-4,6-7,10-11H2,1H3,(H,22,24);1H/b21-18-;. The number of carbonyl (C=O) groups is 1. The quantitative estimate of drug-likeness (QED) is 0.679. The van der Waals surface area contributed by atoms with Crippen LogP contribution in [-0.2, 0) is 4.79 Å². The smallest absolute Gasteiger partial charge is 0.226 e. The van der Waals surface area contributed by atoms with Crippen LogP contribution in [0.25, 0.3) is 0 Å². The molecule has 1 aromatic rings. The molecule has 1 N–H and O–H groups in total. The van der Waals surface area contributed by atoms with Crippen molar-refractivity contribution in [2.45, 2.75) is 50.6 Å². The van der Waals surface area contributed by atoms with E-state index in [0.29, 0.717) is 28.2 Å². The first-order chi connectivity index (χ1) is 12.0. The Balaban J connectivity index is 0.00000243. The van der Waals surface area contributed by atoms with Crippen LogP contribution in [-0.4, -0.2) is 40.9 Å². The van der Waals surface area contributed by atoms with Gasteiger partial charge in [-0.05, 0) is 25.0 Å². The Morgan fingerprint density at radius 1 is 1.31 bits per heavy atom. The van der Waals surface area contributed by atoms with Gasteiger partial charge in [0, 0.05) is 25.3 Å². The van der Waals surface area contributed by atoms with Crippen LogP contribution in [0.15, 0.2) is 23.2 Å². The summed E-state index contributed by atoms with van der Waals surface area (Å²) >= 11 is 13.9. The number of hydrogen-bond acceptors (Lipinski definition) is 3. The molecule has 26 heavy (non-hydrogen) atoms. The molecular weight excluding hydrogens is 413 g/mol. The Bertz CT molecular complexity index is 665. The zero-order chi connectivity index (χ0) is 17.8. The number of amides is 1. The first-order valence-corrected chi connectivity index (χ1v) is 10.5. The molecule has 1 aromatic carbocycles. The Hall–Kier alpha value is -0.620. The van der Waals surface area contributed by atoms with Gasteiger partial charge >= 0.3 is 0 Å². The minimum absolute atomic E-state index is 0. The van der Waals surface area contributed by atoms with Crippen molar-refractivity contribution in [1.82, 2.24) is 4.90 Å². The highest BCUT2D eigenvalue weighted by Crippen LogP contribution is 2.31. The summed E-state index contributed by atoms with van der Waals surface area (Å²) < 4.78 is 0. The predicted octanol–water partition coefficient (Wildman–Crippen LogP) is 5.48. The molecule has 1 aliphatic carbocycles. The number of amidine groups is 1. The Morgan fingerprint density at radius 2 is 2.04 bits per heavy atom. The molecule has 1 atom stereocenters. The maximum Gasteiger partial charge on any atom is 0.226 e. The summed E-state index contributed by atoms with van der Waals surface area (Å²) in [6, 6.07) is 5.85. The maximum atomic E-state index is 12.4. The number of halogens is 3. The molecule has 1 aliphatic heterocycles. The van der Waals surface area contributed by atoms with Crippen LogP contribution in [0, 0.1) is 0 Å². The third-order valence-corrected chi connectivity index (χ3v) is 6.79. The highest BCUT2D eigenvalue weighted by atomic mass is 35.5. The third kappa shape index (κ3) is 5.44. The lowest BCUT2D eigenvalue weighted by Crippen LogP contribution is -2.34. The number of carbonyl (C=O) groups excluding carboxylic acids is 1. The molecule has 0 radical (unpaired) electrons. The molecule has 1 saturated carbocycles. The number of anilines is 1. The lowest BCUT2D eigenvalue weighted by Gasteiger charge is -2.23. The molecule has 1 amide bonds. The highest BCUT2D eigenvalue weighted by Gasteiger charge is 2.30. The molecule has 144 valence electrons. The lowest BCUT2D eigenvalue weighted by atomic mass is 9.96. The van der Waals surface area contributed by atoms with Crippen molar-refractivity contribution >= 4 is 64.1 Å². The van der Waals surface area contributed by atoms with E-state index >= 15 is 0 Å². The molecule has 0 bridgehead atoms. The van der Waals surface area contributed by atoms with E-state index in [1.54, 1.807) is 30.0 Å². The fourth-order valence-corrected chi connectivity index (χ4v) is 4.85. The number of rotatable bonds is 4. The van der Waals surface area contributed by atoms with Gasteiger partial charge in [0.2, 0.25) is 5.91 Å². The fourth-order valence-electron chi connectivity index (χ4n) is 3.25. The second-order valence-electron chi connectivity index (χ2n) is 6.63. The van der Waals surface area contributed by atoms with Crippen LogP contribution in [0.3, 0.4) is 0 Å². The second-order valence-corrected chi connectivity index (χ2v) is 8.41. The molecule has 1 unspecified atom stereocenters. The minimum Gasteiger partial charge on any atom is -0.350 e. The van der Waals surface area contributed by atoms with E-state index in [9.17, 15) is 4.79 Å². The maximum absolute atomic E-state index is 12.4. The molecule has 0 spiro atoms. The zero-order valence-electron chi connectivity index (χ0n) is 14.7. The van der Waals surface area contributed by atoms with Crippen molar-refractivity contribution in [2.75, 3.05) is 18.1 Å². The van der Waals surface area contributed by atoms with Gasteiger partial charge in [-0.2, -0.15) is 0 Å². The Kier molecular flexibility index (Phi) is 8.40. The van der Waals surface area contributed by atoms with Gasteiger partial charge in [0.1, 0.15) is 0 Å². The molecule has 4 nitrogen and oxygen atoms in total.